The van der Waals surface area contributed by atoms with Gasteiger partial charge >= 0.3 is 0 Å². The van der Waals surface area contributed by atoms with Gasteiger partial charge in [0.15, 0.2) is 0 Å². The van der Waals surface area contributed by atoms with E-state index in [1.165, 1.54) is 15.6 Å². The van der Waals surface area contributed by atoms with Gasteiger partial charge in [-0.2, -0.15) is 4.31 Å². The molecule has 0 aliphatic carbocycles. The second kappa shape index (κ2) is 8.85. The molecule has 0 saturated heterocycles. The van der Waals surface area contributed by atoms with Crippen molar-refractivity contribution in [2.45, 2.75) is 39.1 Å². The zero-order chi connectivity index (χ0) is 15.9. The molecule has 1 aromatic rings. The van der Waals surface area contributed by atoms with Gasteiger partial charge in [0.05, 0.1) is 6.61 Å². The third-order valence-corrected chi connectivity index (χ3v) is 6.60. The summed E-state index contributed by atoms with van der Waals surface area (Å²) in [7, 11) is -3.46. The van der Waals surface area contributed by atoms with Crippen LogP contribution in [-0.2, 0) is 21.3 Å². The Kier molecular flexibility index (Phi) is 7.83. The predicted molar refractivity (Wildman–Crippen MR) is 87.4 cm³/mol. The molecule has 0 amide bonds. The molecule has 0 radical (unpaired) electrons. The lowest BCUT2D eigenvalue weighted by Crippen LogP contribution is -2.34. The van der Waals surface area contributed by atoms with Crippen LogP contribution in [0.25, 0.3) is 0 Å². The van der Waals surface area contributed by atoms with Gasteiger partial charge in [0.1, 0.15) is 4.90 Å². The smallest absolute Gasteiger partial charge is 0.244 e. The predicted octanol–water partition coefficient (Wildman–Crippen LogP) is 2.21. The monoisotopic (exact) mass is 334 g/mol. The van der Waals surface area contributed by atoms with Crippen molar-refractivity contribution in [1.82, 2.24) is 9.62 Å². The van der Waals surface area contributed by atoms with Crippen molar-refractivity contribution in [3.05, 3.63) is 15.8 Å². The normalized spacial score (nSPS) is 12.2. The Labute approximate surface area is 132 Å². The van der Waals surface area contributed by atoms with E-state index in [1.807, 2.05) is 33.1 Å². The lowest BCUT2D eigenvalue weighted by atomic mass is 10.3. The molecule has 1 heterocycles. The van der Waals surface area contributed by atoms with Crippen molar-refractivity contribution in [2.75, 3.05) is 32.8 Å². The van der Waals surface area contributed by atoms with Crippen molar-refractivity contribution in [3.8, 4) is 0 Å². The van der Waals surface area contributed by atoms with Crippen LogP contribution >= 0.6 is 11.3 Å². The molecule has 0 aliphatic heterocycles. The molecule has 0 bridgehead atoms. The van der Waals surface area contributed by atoms with Crippen LogP contribution < -0.4 is 5.32 Å². The van der Waals surface area contributed by atoms with Crippen LogP contribution in [0.1, 0.15) is 31.2 Å². The summed E-state index contributed by atoms with van der Waals surface area (Å²) >= 11 is 1.50. The maximum atomic E-state index is 12.9. The van der Waals surface area contributed by atoms with E-state index >= 15 is 0 Å². The average molecular weight is 335 g/mol. The van der Waals surface area contributed by atoms with E-state index in [2.05, 4.69) is 5.32 Å². The molecule has 21 heavy (non-hydrogen) atoms. The Bertz CT molecular complexity index is 526. The molecule has 0 saturated carbocycles. The number of hydrogen-bond donors (Lipinski definition) is 1. The average Bonchev–Trinajstić information content (AvgIpc) is 2.82. The first-order valence-corrected chi connectivity index (χ1v) is 9.66. The Morgan fingerprint density at radius 3 is 2.62 bits per heavy atom. The summed E-state index contributed by atoms with van der Waals surface area (Å²) in [6.45, 7) is 10.9. The van der Waals surface area contributed by atoms with Crippen molar-refractivity contribution < 1.29 is 13.2 Å². The minimum atomic E-state index is -3.46. The first-order chi connectivity index (χ1) is 9.98. The highest BCUT2D eigenvalue weighted by Crippen LogP contribution is 2.29. The molecule has 5 nitrogen and oxygen atoms in total. The van der Waals surface area contributed by atoms with Gasteiger partial charge in [-0.3, -0.25) is 0 Å². The van der Waals surface area contributed by atoms with Gasteiger partial charge in [0, 0.05) is 31.1 Å². The molecule has 1 rings (SSSR count). The van der Waals surface area contributed by atoms with Crippen LogP contribution in [-0.4, -0.2) is 45.6 Å². The fourth-order valence-electron chi connectivity index (χ4n) is 2.08. The fourth-order valence-corrected chi connectivity index (χ4v) is 5.25. The molecule has 1 N–H and O–H groups in total. The highest BCUT2D eigenvalue weighted by Gasteiger charge is 2.28. The van der Waals surface area contributed by atoms with Crippen LogP contribution in [0.3, 0.4) is 0 Å². The lowest BCUT2D eigenvalue weighted by Gasteiger charge is -2.21. The maximum Gasteiger partial charge on any atom is 0.244 e. The minimum absolute atomic E-state index is 0.391. The number of thiophene rings is 1. The molecule has 0 spiro atoms. The molecule has 0 fully saturated rings. The van der Waals surface area contributed by atoms with Gasteiger partial charge in [-0.05, 0) is 31.3 Å². The number of nitrogens with zero attached hydrogens (tertiary/aromatic N) is 1. The van der Waals surface area contributed by atoms with Gasteiger partial charge in [0.25, 0.3) is 0 Å². The van der Waals surface area contributed by atoms with E-state index in [4.69, 9.17) is 4.74 Å². The number of likely N-dealkylation sites (N-methyl/N-ethyl adjacent to an activating group) is 1. The molecule has 0 aliphatic rings. The summed E-state index contributed by atoms with van der Waals surface area (Å²) in [5.74, 6) is 0. The van der Waals surface area contributed by atoms with Crippen molar-refractivity contribution in [3.63, 3.8) is 0 Å². The van der Waals surface area contributed by atoms with Crippen LogP contribution in [0, 0.1) is 6.92 Å². The molecular formula is C14H26N2O3S2. The Morgan fingerprint density at radius 2 is 2.05 bits per heavy atom. The molecule has 1 aromatic heterocycles. The number of rotatable bonds is 10. The number of nitrogens with one attached hydrogen (secondary N) is 1. The third-order valence-electron chi connectivity index (χ3n) is 3.16. The highest BCUT2D eigenvalue weighted by atomic mass is 32.2. The third kappa shape index (κ3) is 4.75. The van der Waals surface area contributed by atoms with Crippen molar-refractivity contribution in [2.24, 2.45) is 0 Å². The lowest BCUT2D eigenvalue weighted by molar-refractivity contribution is 0.135. The van der Waals surface area contributed by atoms with Crippen LogP contribution in [0.5, 0.6) is 0 Å². The summed E-state index contributed by atoms with van der Waals surface area (Å²) in [4.78, 5) is 1.34. The molecule has 122 valence electrons. The molecule has 0 unspecified atom stereocenters. The van der Waals surface area contributed by atoms with E-state index in [1.54, 1.807) is 0 Å². The number of hydrogen-bond acceptors (Lipinski definition) is 5. The van der Waals surface area contributed by atoms with Gasteiger partial charge in [-0.25, -0.2) is 8.42 Å². The number of ether oxygens (including phenoxy) is 1. The number of sulfonamides is 1. The van der Waals surface area contributed by atoms with Gasteiger partial charge in [-0.15, -0.1) is 11.3 Å². The topological polar surface area (TPSA) is 58.6 Å². The zero-order valence-electron chi connectivity index (χ0n) is 13.3. The summed E-state index contributed by atoms with van der Waals surface area (Å²) in [6, 6.07) is 0. The summed E-state index contributed by atoms with van der Waals surface area (Å²) < 4.78 is 32.5. The van der Waals surface area contributed by atoms with Crippen molar-refractivity contribution >= 4 is 21.4 Å². The quantitative estimate of drug-likeness (QED) is 0.667. The molecule has 7 heteroatoms. The first-order valence-electron chi connectivity index (χ1n) is 7.34. The van der Waals surface area contributed by atoms with Crippen molar-refractivity contribution in [1.29, 1.82) is 0 Å². The second-order valence-corrected chi connectivity index (χ2v) is 7.48. The van der Waals surface area contributed by atoms with E-state index in [0.717, 1.165) is 17.0 Å². The molecule has 0 atom stereocenters. The Hall–Kier alpha value is -0.470. The summed E-state index contributed by atoms with van der Waals surface area (Å²) in [5, 5.41) is 5.12. The number of aryl methyl sites for hydroxylation is 1. The zero-order valence-corrected chi connectivity index (χ0v) is 14.9. The van der Waals surface area contributed by atoms with E-state index in [9.17, 15) is 8.42 Å². The Balaban J connectivity index is 3.01. The maximum absolute atomic E-state index is 12.9. The van der Waals surface area contributed by atoms with Gasteiger partial charge in [-0.1, -0.05) is 13.8 Å². The largest absolute Gasteiger partial charge is 0.380 e. The van der Waals surface area contributed by atoms with Crippen LogP contribution in [0.15, 0.2) is 10.3 Å². The fraction of sp³-hybridized carbons (Fsp3) is 0.714. The minimum Gasteiger partial charge on any atom is -0.380 e. The van der Waals surface area contributed by atoms with Crippen LogP contribution in [0.4, 0.5) is 0 Å². The first kappa shape index (κ1) is 18.6. The van der Waals surface area contributed by atoms with Crippen LogP contribution in [0.2, 0.25) is 0 Å². The SMILES string of the molecule is CCNCc1scc(C)c1S(=O)(=O)N(CC)CCOCC. The molecule has 0 aromatic carbocycles. The Morgan fingerprint density at radius 1 is 1.33 bits per heavy atom. The molecular weight excluding hydrogens is 308 g/mol. The highest BCUT2D eigenvalue weighted by molar-refractivity contribution is 7.89. The van der Waals surface area contributed by atoms with E-state index in [0.29, 0.717) is 37.7 Å². The van der Waals surface area contributed by atoms with E-state index < -0.39 is 10.0 Å². The van der Waals surface area contributed by atoms with Gasteiger partial charge < -0.3 is 10.1 Å². The van der Waals surface area contributed by atoms with Gasteiger partial charge in [0.2, 0.25) is 10.0 Å². The summed E-state index contributed by atoms with van der Waals surface area (Å²) in [5.41, 5.74) is 0.822. The van der Waals surface area contributed by atoms with E-state index in [-0.39, 0.29) is 0 Å². The summed E-state index contributed by atoms with van der Waals surface area (Å²) in [6.07, 6.45) is 0. The second-order valence-electron chi connectivity index (χ2n) is 4.64. The standard InChI is InChI=1S/C14H26N2O3S2/c1-5-15-10-13-14(12(4)11-20-13)21(17,18)16(6-2)8-9-19-7-3/h11,15H,5-10H2,1-4H3.